The Kier molecular flexibility index (Phi) is 10.9. The van der Waals surface area contributed by atoms with Gasteiger partial charge in [-0.05, 0) is 62.8 Å². The van der Waals surface area contributed by atoms with E-state index in [1.54, 1.807) is 18.2 Å². The highest BCUT2D eigenvalue weighted by atomic mass is 35.5. The molecule has 0 unspecified atom stereocenters. The number of nitrogens with zero attached hydrogens (tertiary/aromatic N) is 5. The van der Waals surface area contributed by atoms with Crippen molar-refractivity contribution in [1.82, 2.24) is 19.7 Å². The highest BCUT2D eigenvalue weighted by molar-refractivity contribution is 6.30. The summed E-state index contributed by atoms with van der Waals surface area (Å²) in [6, 6.07) is 10.5. The summed E-state index contributed by atoms with van der Waals surface area (Å²) in [5.41, 5.74) is 0.893. The lowest BCUT2D eigenvalue weighted by molar-refractivity contribution is -0.125. The Bertz CT molecular complexity index is 974. The number of hydrazone groups is 1. The molecule has 3 heterocycles. The van der Waals surface area contributed by atoms with E-state index in [1.165, 1.54) is 16.1 Å². The van der Waals surface area contributed by atoms with Gasteiger partial charge in [-0.15, -0.1) is 24.8 Å². The van der Waals surface area contributed by atoms with Gasteiger partial charge in [0.15, 0.2) is 0 Å². The average Bonchev–Trinajstić information content (AvgIpc) is 3.36. The Hall–Kier alpha value is -2.10. The van der Waals surface area contributed by atoms with Gasteiger partial charge in [-0.25, -0.2) is 9.80 Å². The number of unbranched alkanes of at least 4 members (excludes halogenated alkanes) is 1. The number of hydrogen-bond donors (Lipinski definition) is 0. The summed E-state index contributed by atoms with van der Waals surface area (Å²) in [6.45, 7) is 5.72. The first-order valence-electron chi connectivity index (χ1n) is 10.9. The topological polar surface area (TPSA) is 72.6 Å². The first-order valence-corrected chi connectivity index (χ1v) is 11.3. The molecule has 0 spiro atoms. The summed E-state index contributed by atoms with van der Waals surface area (Å²) in [5, 5.41) is 6.02. The molecule has 8 nitrogen and oxygen atoms in total. The monoisotopic (exact) mass is 529 g/mol. The fourth-order valence-corrected chi connectivity index (χ4v) is 3.96. The third-order valence-electron chi connectivity index (χ3n) is 5.82. The van der Waals surface area contributed by atoms with Gasteiger partial charge in [-0.3, -0.25) is 9.69 Å². The first kappa shape index (κ1) is 28.1. The molecule has 2 aliphatic heterocycles. The number of benzene rings is 1. The van der Waals surface area contributed by atoms with E-state index in [9.17, 15) is 9.59 Å². The Morgan fingerprint density at radius 3 is 2.35 bits per heavy atom. The van der Waals surface area contributed by atoms with E-state index < -0.39 is 0 Å². The number of urea groups is 1. The van der Waals surface area contributed by atoms with Crippen molar-refractivity contribution in [3.05, 3.63) is 47.2 Å². The van der Waals surface area contributed by atoms with Crippen LogP contribution in [0.15, 0.2) is 45.9 Å². The molecule has 0 aliphatic carbocycles. The summed E-state index contributed by atoms with van der Waals surface area (Å²) in [6.07, 6.45) is 3.22. The minimum absolute atomic E-state index is 0. The molecular weight excluding hydrogens is 501 g/mol. The number of furan rings is 1. The molecule has 186 valence electrons. The van der Waals surface area contributed by atoms with Crippen LogP contribution in [-0.4, -0.2) is 90.7 Å². The normalized spacial score (nSPS) is 17.4. The van der Waals surface area contributed by atoms with Crippen LogP contribution in [0.3, 0.4) is 0 Å². The van der Waals surface area contributed by atoms with Crippen molar-refractivity contribution in [3.63, 3.8) is 0 Å². The first-order chi connectivity index (χ1) is 15.5. The van der Waals surface area contributed by atoms with E-state index >= 15 is 0 Å². The zero-order valence-corrected chi connectivity index (χ0v) is 21.4. The molecule has 3 amide bonds. The largest absolute Gasteiger partial charge is 0.455 e. The van der Waals surface area contributed by atoms with Crippen LogP contribution in [0.5, 0.6) is 0 Å². The summed E-state index contributed by atoms with van der Waals surface area (Å²) in [5.74, 6) is 0.961. The van der Waals surface area contributed by atoms with Gasteiger partial charge in [0.25, 0.3) is 5.91 Å². The van der Waals surface area contributed by atoms with Crippen LogP contribution < -0.4 is 0 Å². The Morgan fingerprint density at radius 1 is 0.971 bits per heavy atom. The number of carbonyl (C=O) groups is 2. The highest BCUT2D eigenvalue weighted by Crippen LogP contribution is 2.23. The van der Waals surface area contributed by atoms with Gasteiger partial charge in [0.1, 0.15) is 18.1 Å². The van der Waals surface area contributed by atoms with Crippen molar-refractivity contribution in [2.75, 3.05) is 52.9 Å². The zero-order chi connectivity index (χ0) is 22.5. The maximum atomic E-state index is 12.6. The second kappa shape index (κ2) is 13.1. The summed E-state index contributed by atoms with van der Waals surface area (Å²) >= 11 is 5.92. The number of likely N-dealkylation sites (N-methyl/N-ethyl adjacent to an activating group) is 1. The molecule has 2 fully saturated rings. The second-order valence-corrected chi connectivity index (χ2v) is 8.63. The Balaban J connectivity index is 0.00000204. The lowest BCUT2D eigenvalue weighted by atomic mass is 10.2. The summed E-state index contributed by atoms with van der Waals surface area (Å²) < 4.78 is 5.77. The van der Waals surface area contributed by atoms with Gasteiger partial charge in [0.2, 0.25) is 0 Å². The van der Waals surface area contributed by atoms with Crippen LogP contribution in [-0.2, 0) is 4.79 Å². The lowest BCUT2D eigenvalue weighted by Gasteiger charge is -2.32. The van der Waals surface area contributed by atoms with Crippen LogP contribution in [0.25, 0.3) is 11.3 Å². The molecule has 2 aliphatic rings. The molecule has 0 atom stereocenters. The third kappa shape index (κ3) is 7.20. The van der Waals surface area contributed by atoms with Crippen LogP contribution in [0.4, 0.5) is 4.79 Å². The van der Waals surface area contributed by atoms with Crippen LogP contribution in [0.2, 0.25) is 5.02 Å². The fraction of sp³-hybridized carbons (Fsp3) is 0.435. The molecule has 1 aromatic carbocycles. The number of carbonyl (C=O) groups excluding carboxylic acids is 2. The number of halogens is 3. The van der Waals surface area contributed by atoms with E-state index in [2.05, 4.69) is 21.9 Å². The van der Waals surface area contributed by atoms with Crippen molar-refractivity contribution >= 4 is 54.6 Å². The maximum Gasteiger partial charge on any atom is 0.347 e. The molecule has 0 bridgehead atoms. The number of rotatable bonds is 8. The Labute approximate surface area is 217 Å². The molecule has 0 radical (unpaired) electrons. The predicted molar refractivity (Wildman–Crippen MR) is 138 cm³/mol. The van der Waals surface area contributed by atoms with Crippen molar-refractivity contribution in [1.29, 1.82) is 0 Å². The van der Waals surface area contributed by atoms with E-state index in [4.69, 9.17) is 16.0 Å². The number of piperazine rings is 1. The predicted octanol–water partition coefficient (Wildman–Crippen LogP) is 4.07. The summed E-state index contributed by atoms with van der Waals surface area (Å²) in [4.78, 5) is 30.9. The Morgan fingerprint density at radius 2 is 1.65 bits per heavy atom. The average molecular weight is 531 g/mol. The van der Waals surface area contributed by atoms with Gasteiger partial charge in [-0.2, -0.15) is 5.10 Å². The SMILES string of the molecule is CN1CCN(CCCCN2C(=O)CN(/N=C\c3ccc(-c4ccc(Cl)cc4)o3)C2=O)CC1.Cl.Cl. The molecule has 2 saturated heterocycles. The highest BCUT2D eigenvalue weighted by Gasteiger charge is 2.35. The molecule has 2 aromatic rings. The minimum atomic E-state index is -0.379. The molecular formula is C23H30Cl3N5O3. The number of amides is 3. The standard InChI is InChI=1S/C23H28ClN5O3.2ClH/c1-26-12-14-27(15-13-26)10-2-3-11-28-22(30)17-29(23(28)31)25-16-20-8-9-21(32-20)18-4-6-19(24)7-5-18;;/h4-9,16H,2-3,10-15,17H2,1H3;2*1H/b25-16-;;. The molecule has 34 heavy (non-hydrogen) atoms. The fourth-order valence-electron chi connectivity index (χ4n) is 3.83. The van der Waals surface area contributed by atoms with Crippen molar-refractivity contribution in [3.8, 4) is 11.3 Å². The zero-order valence-electron chi connectivity index (χ0n) is 19.1. The van der Waals surface area contributed by atoms with Gasteiger partial charge in [-0.1, -0.05) is 11.6 Å². The maximum absolute atomic E-state index is 12.6. The van der Waals surface area contributed by atoms with E-state index in [0.717, 1.165) is 51.1 Å². The van der Waals surface area contributed by atoms with Crippen molar-refractivity contribution in [2.45, 2.75) is 12.8 Å². The quantitative estimate of drug-likeness (QED) is 0.292. The van der Waals surface area contributed by atoms with Gasteiger partial charge < -0.3 is 14.2 Å². The van der Waals surface area contributed by atoms with E-state index in [-0.39, 0.29) is 43.3 Å². The van der Waals surface area contributed by atoms with E-state index in [1.807, 2.05) is 18.2 Å². The lowest BCUT2D eigenvalue weighted by Crippen LogP contribution is -2.44. The van der Waals surface area contributed by atoms with E-state index in [0.29, 0.717) is 23.1 Å². The van der Waals surface area contributed by atoms with Crippen LogP contribution >= 0.6 is 36.4 Å². The van der Waals surface area contributed by atoms with Crippen LogP contribution in [0.1, 0.15) is 18.6 Å². The van der Waals surface area contributed by atoms with Crippen molar-refractivity contribution in [2.24, 2.45) is 5.10 Å². The smallest absolute Gasteiger partial charge is 0.347 e. The van der Waals surface area contributed by atoms with Gasteiger partial charge in [0.05, 0.1) is 6.21 Å². The molecule has 4 rings (SSSR count). The number of hydrogen-bond acceptors (Lipinski definition) is 6. The molecule has 0 N–H and O–H groups in total. The van der Waals surface area contributed by atoms with Gasteiger partial charge in [0, 0.05) is 43.3 Å². The minimum Gasteiger partial charge on any atom is -0.455 e. The molecule has 1 aromatic heterocycles. The van der Waals surface area contributed by atoms with Gasteiger partial charge >= 0.3 is 6.03 Å². The van der Waals surface area contributed by atoms with Crippen LogP contribution in [0, 0.1) is 0 Å². The number of imide groups is 1. The van der Waals surface area contributed by atoms with Crippen molar-refractivity contribution < 1.29 is 14.0 Å². The second-order valence-electron chi connectivity index (χ2n) is 8.19. The molecule has 0 saturated carbocycles. The summed E-state index contributed by atoms with van der Waals surface area (Å²) in [7, 11) is 2.14. The molecule has 11 heteroatoms. The third-order valence-corrected chi connectivity index (χ3v) is 6.07.